The molecule has 0 spiro atoms. The van der Waals surface area contributed by atoms with Gasteiger partial charge < -0.3 is 14.9 Å². The minimum absolute atomic E-state index is 0.00585. The van der Waals surface area contributed by atoms with Crippen molar-refractivity contribution in [3.63, 3.8) is 0 Å². The van der Waals surface area contributed by atoms with Crippen LogP contribution in [0.15, 0.2) is 35.9 Å². The first kappa shape index (κ1) is 20.1. The molecule has 0 saturated heterocycles. The van der Waals surface area contributed by atoms with E-state index >= 15 is 0 Å². The van der Waals surface area contributed by atoms with Gasteiger partial charge in [-0.25, -0.2) is 0 Å². The second-order valence-corrected chi connectivity index (χ2v) is 9.06. The maximum atomic E-state index is 12.5. The number of ketones is 1. The normalized spacial score (nSPS) is 33.5. The lowest BCUT2D eigenvalue weighted by Gasteiger charge is -2.44. The predicted molar refractivity (Wildman–Crippen MR) is 106 cm³/mol. The maximum absolute atomic E-state index is 12.5. The molecule has 1 aromatic carbocycles. The third-order valence-corrected chi connectivity index (χ3v) is 6.82. The van der Waals surface area contributed by atoms with E-state index in [9.17, 15) is 15.0 Å². The summed E-state index contributed by atoms with van der Waals surface area (Å²) in [6, 6.07) is 6.25. The number of hydrogen-bond acceptors (Lipinski definition) is 4. The molecular formula is C23H32O4. The van der Waals surface area contributed by atoms with Gasteiger partial charge >= 0.3 is 0 Å². The van der Waals surface area contributed by atoms with Gasteiger partial charge in [-0.1, -0.05) is 32.4 Å². The lowest BCUT2D eigenvalue weighted by Crippen LogP contribution is -2.50. The highest BCUT2D eigenvalue weighted by Crippen LogP contribution is 2.57. The molecule has 1 saturated carbocycles. The van der Waals surface area contributed by atoms with E-state index in [0.29, 0.717) is 5.56 Å². The summed E-state index contributed by atoms with van der Waals surface area (Å²) in [7, 11) is 0. The zero-order valence-electron chi connectivity index (χ0n) is 16.9. The van der Waals surface area contributed by atoms with Gasteiger partial charge in [-0.3, -0.25) is 4.79 Å². The zero-order valence-corrected chi connectivity index (χ0v) is 16.9. The number of carbonyl (C=O) groups excluding carboxylic acids is 1. The monoisotopic (exact) mass is 372 g/mol. The molecule has 0 unspecified atom stereocenters. The number of carbonyl (C=O) groups is 1. The van der Waals surface area contributed by atoms with Gasteiger partial charge in [0.15, 0.2) is 5.78 Å². The fourth-order valence-corrected chi connectivity index (χ4v) is 5.04. The van der Waals surface area contributed by atoms with Crippen molar-refractivity contribution in [3.8, 4) is 5.75 Å². The second kappa shape index (κ2) is 7.40. The Labute approximate surface area is 162 Å². The van der Waals surface area contributed by atoms with E-state index in [1.54, 1.807) is 12.1 Å². The van der Waals surface area contributed by atoms with Crippen LogP contribution in [0.1, 0.15) is 63.7 Å². The van der Waals surface area contributed by atoms with Crippen LogP contribution < -0.4 is 0 Å². The van der Waals surface area contributed by atoms with Crippen LogP contribution in [0.25, 0.3) is 0 Å². The number of phenolic OH excluding ortho intramolecular Hbond substituents is 1. The van der Waals surface area contributed by atoms with Crippen molar-refractivity contribution in [2.45, 2.75) is 65.1 Å². The van der Waals surface area contributed by atoms with Gasteiger partial charge in [-0.15, -0.1) is 0 Å². The van der Waals surface area contributed by atoms with Crippen molar-refractivity contribution in [2.75, 3.05) is 6.61 Å². The van der Waals surface area contributed by atoms with Gasteiger partial charge in [0.2, 0.25) is 0 Å². The summed E-state index contributed by atoms with van der Waals surface area (Å²) < 4.78 is 6.19. The smallest absolute Gasteiger partial charge is 0.188 e. The average Bonchev–Trinajstić information content (AvgIpc) is 2.82. The van der Waals surface area contributed by atoms with Crippen LogP contribution in [0, 0.1) is 17.3 Å². The molecule has 3 rings (SSSR count). The van der Waals surface area contributed by atoms with Crippen molar-refractivity contribution in [3.05, 3.63) is 41.5 Å². The molecule has 0 aromatic heterocycles. The minimum atomic E-state index is -0.764. The van der Waals surface area contributed by atoms with Crippen LogP contribution in [-0.2, 0) is 4.74 Å². The number of aliphatic hydroxyl groups is 1. The Bertz CT molecular complexity index is 720. The minimum Gasteiger partial charge on any atom is -0.508 e. The van der Waals surface area contributed by atoms with Crippen LogP contribution in [0.3, 0.4) is 0 Å². The summed E-state index contributed by atoms with van der Waals surface area (Å²) in [5.41, 5.74) is 1.02. The molecule has 0 heterocycles. The Kier molecular flexibility index (Phi) is 5.51. The molecule has 148 valence electrons. The van der Waals surface area contributed by atoms with Crippen LogP contribution in [0.5, 0.6) is 5.75 Å². The molecule has 2 N–H and O–H groups in total. The number of hydrogen-bond donors (Lipinski definition) is 2. The molecule has 4 atom stereocenters. The SMILES string of the molecule is CC1=CC[C@@]2(C)CC[C@@](O)(C(C)C)[C@@H]2[C@@H](OCC(=O)c2ccc(O)cc2)C1. The number of benzene rings is 1. The number of Topliss-reactive ketones (excluding diaryl/α,β-unsaturated/α-hetero) is 1. The van der Waals surface area contributed by atoms with Crippen molar-refractivity contribution in [1.29, 1.82) is 0 Å². The number of rotatable bonds is 5. The number of allylic oxidation sites excluding steroid dienone is 1. The molecule has 1 fully saturated rings. The van der Waals surface area contributed by atoms with Gasteiger partial charge in [0.1, 0.15) is 12.4 Å². The first-order valence-corrected chi connectivity index (χ1v) is 9.97. The quantitative estimate of drug-likeness (QED) is 0.590. The Hall–Kier alpha value is -1.65. The molecule has 0 amide bonds. The summed E-state index contributed by atoms with van der Waals surface area (Å²) in [6.45, 7) is 8.51. The third-order valence-electron chi connectivity index (χ3n) is 6.82. The van der Waals surface area contributed by atoms with Crippen LogP contribution in [0.2, 0.25) is 0 Å². The highest BCUT2D eigenvalue weighted by Gasteiger charge is 2.58. The Morgan fingerprint density at radius 2 is 1.93 bits per heavy atom. The number of phenols is 1. The lowest BCUT2D eigenvalue weighted by molar-refractivity contribution is -0.123. The standard InChI is InChI=1S/C23H32O4/c1-15(2)23(26)12-11-22(4)10-9-16(3)13-20(21(22)23)27-14-19(25)17-5-7-18(24)8-6-17/h5-9,15,20-21,24,26H,10-14H2,1-4H3/t20-,21+,22-,23+/m0/s1. The fraction of sp³-hybridized carbons (Fsp3) is 0.609. The fourth-order valence-electron chi connectivity index (χ4n) is 5.04. The molecule has 4 heteroatoms. The summed E-state index contributed by atoms with van der Waals surface area (Å²) in [4.78, 5) is 12.5. The van der Waals surface area contributed by atoms with Gasteiger partial charge in [0, 0.05) is 11.5 Å². The van der Waals surface area contributed by atoms with E-state index < -0.39 is 5.60 Å². The van der Waals surface area contributed by atoms with E-state index in [0.717, 1.165) is 25.7 Å². The molecule has 0 radical (unpaired) electrons. The van der Waals surface area contributed by atoms with E-state index in [4.69, 9.17) is 4.74 Å². The molecule has 2 aliphatic carbocycles. The first-order valence-electron chi connectivity index (χ1n) is 9.97. The molecule has 0 aliphatic heterocycles. The van der Waals surface area contributed by atoms with Crippen LogP contribution in [-0.4, -0.2) is 34.3 Å². The number of ether oxygens (including phenoxy) is 1. The number of aromatic hydroxyl groups is 1. The van der Waals surface area contributed by atoms with Crippen molar-refractivity contribution >= 4 is 5.78 Å². The average molecular weight is 373 g/mol. The van der Waals surface area contributed by atoms with E-state index in [-0.39, 0.29) is 41.5 Å². The van der Waals surface area contributed by atoms with Gasteiger partial charge in [0.05, 0.1) is 11.7 Å². The Morgan fingerprint density at radius 3 is 2.56 bits per heavy atom. The zero-order chi connectivity index (χ0) is 19.8. The van der Waals surface area contributed by atoms with Gasteiger partial charge in [-0.2, -0.15) is 0 Å². The molecule has 2 aliphatic rings. The predicted octanol–water partition coefficient (Wildman–Crippen LogP) is 4.50. The van der Waals surface area contributed by atoms with Crippen molar-refractivity contribution in [1.82, 2.24) is 0 Å². The van der Waals surface area contributed by atoms with E-state index in [2.05, 4.69) is 33.8 Å². The molecule has 1 aromatic rings. The van der Waals surface area contributed by atoms with Crippen LogP contribution in [0.4, 0.5) is 0 Å². The summed E-state index contributed by atoms with van der Waals surface area (Å²) in [6.07, 6.45) is 5.56. The highest BCUT2D eigenvalue weighted by atomic mass is 16.5. The van der Waals surface area contributed by atoms with Gasteiger partial charge in [-0.05, 0) is 68.2 Å². The molecule has 4 nitrogen and oxygen atoms in total. The maximum Gasteiger partial charge on any atom is 0.188 e. The molecule has 27 heavy (non-hydrogen) atoms. The number of fused-ring (bicyclic) bond motifs is 1. The molecular weight excluding hydrogens is 340 g/mol. The lowest BCUT2D eigenvalue weighted by atomic mass is 9.67. The summed E-state index contributed by atoms with van der Waals surface area (Å²) in [5, 5.41) is 20.9. The largest absolute Gasteiger partial charge is 0.508 e. The first-order chi connectivity index (χ1) is 12.7. The van der Waals surface area contributed by atoms with Crippen molar-refractivity contribution < 1.29 is 19.7 Å². The van der Waals surface area contributed by atoms with E-state index in [1.807, 2.05) is 0 Å². The van der Waals surface area contributed by atoms with E-state index in [1.165, 1.54) is 17.7 Å². The highest BCUT2D eigenvalue weighted by molar-refractivity contribution is 5.97. The van der Waals surface area contributed by atoms with Gasteiger partial charge in [0.25, 0.3) is 0 Å². The topological polar surface area (TPSA) is 66.8 Å². The summed E-state index contributed by atoms with van der Waals surface area (Å²) in [5.74, 6) is 0.183. The molecule has 0 bridgehead atoms. The Morgan fingerprint density at radius 1 is 1.26 bits per heavy atom. The summed E-state index contributed by atoms with van der Waals surface area (Å²) >= 11 is 0. The van der Waals surface area contributed by atoms with Crippen molar-refractivity contribution in [2.24, 2.45) is 17.3 Å². The Balaban J connectivity index is 1.81. The third kappa shape index (κ3) is 3.83. The van der Waals surface area contributed by atoms with Crippen LogP contribution >= 0.6 is 0 Å². The second-order valence-electron chi connectivity index (χ2n) is 9.06.